The van der Waals surface area contributed by atoms with Gasteiger partial charge in [0.2, 0.25) is 0 Å². The lowest BCUT2D eigenvalue weighted by Crippen LogP contribution is -2.32. The maximum atomic E-state index is 13.7. The first kappa shape index (κ1) is 16.4. The molecule has 1 amide bonds. The molecular formula is C14H20F2N2O2. The normalized spacial score (nSPS) is 12.1. The summed E-state index contributed by atoms with van der Waals surface area (Å²) >= 11 is 0. The standard InChI is InChI=1S/C14H20F2N2O2/c1-4-17-13-11(15)6-10(7-12(13)16)14(19)18-8-9(3)20-5-2/h6-7,9,17H,4-5,8H2,1-3H3,(H,18,19). The molecule has 0 aliphatic rings. The number of carbonyl (C=O) groups is 1. The number of amides is 1. The Morgan fingerprint density at radius 1 is 1.30 bits per heavy atom. The summed E-state index contributed by atoms with van der Waals surface area (Å²) in [6.07, 6.45) is -0.153. The molecule has 0 bridgehead atoms. The second-order valence-corrected chi connectivity index (χ2v) is 4.32. The van der Waals surface area contributed by atoms with Crippen molar-refractivity contribution < 1.29 is 18.3 Å². The number of hydrogen-bond donors (Lipinski definition) is 2. The Hall–Kier alpha value is -1.69. The highest BCUT2D eigenvalue weighted by Crippen LogP contribution is 2.20. The fraction of sp³-hybridized carbons (Fsp3) is 0.500. The van der Waals surface area contributed by atoms with Gasteiger partial charge in [0.15, 0.2) is 0 Å². The van der Waals surface area contributed by atoms with Gasteiger partial charge >= 0.3 is 0 Å². The first-order valence-electron chi connectivity index (χ1n) is 6.62. The van der Waals surface area contributed by atoms with E-state index in [-0.39, 0.29) is 23.9 Å². The lowest BCUT2D eigenvalue weighted by molar-refractivity contribution is 0.0695. The molecule has 6 heteroatoms. The number of ether oxygens (including phenoxy) is 1. The van der Waals surface area contributed by atoms with Gasteiger partial charge in [-0.2, -0.15) is 0 Å². The van der Waals surface area contributed by atoms with Gasteiger partial charge in [0.1, 0.15) is 17.3 Å². The highest BCUT2D eigenvalue weighted by molar-refractivity contribution is 5.94. The molecule has 0 aromatic heterocycles. The summed E-state index contributed by atoms with van der Waals surface area (Å²) in [5.74, 6) is -2.10. The van der Waals surface area contributed by atoms with Crippen molar-refractivity contribution >= 4 is 11.6 Å². The van der Waals surface area contributed by atoms with E-state index in [0.717, 1.165) is 12.1 Å². The molecule has 0 aliphatic heterocycles. The highest BCUT2D eigenvalue weighted by atomic mass is 19.1. The van der Waals surface area contributed by atoms with Gasteiger partial charge in [-0.25, -0.2) is 8.78 Å². The number of benzene rings is 1. The van der Waals surface area contributed by atoms with E-state index in [9.17, 15) is 13.6 Å². The molecule has 1 aromatic rings. The monoisotopic (exact) mass is 286 g/mol. The molecule has 1 aromatic carbocycles. The molecule has 1 unspecified atom stereocenters. The van der Waals surface area contributed by atoms with Crippen molar-refractivity contribution in [3.8, 4) is 0 Å². The lowest BCUT2D eigenvalue weighted by atomic mass is 10.1. The van der Waals surface area contributed by atoms with Gasteiger partial charge < -0.3 is 15.4 Å². The van der Waals surface area contributed by atoms with Crippen LogP contribution in [0.5, 0.6) is 0 Å². The largest absolute Gasteiger partial charge is 0.381 e. The van der Waals surface area contributed by atoms with Crippen molar-refractivity contribution in [3.63, 3.8) is 0 Å². The van der Waals surface area contributed by atoms with Crippen molar-refractivity contribution in [2.24, 2.45) is 0 Å². The lowest BCUT2D eigenvalue weighted by Gasteiger charge is -2.13. The molecule has 0 radical (unpaired) electrons. The van der Waals surface area contributed by atoms with Crippen LogP contribution in [0.4, 0.5) is 14.5 Å². The molecule has 112 valence electrons. The maximum Gasteiger partial charge on any atom is 0.251 e. The number of anilines is 1. The van der Waals surface area contributed by atoms with E-state index in [1.165, 1.54) is 0 Å². The molecule has 2 N–H and O–H groups in total. The van der Waals surface area contributed by atoms with E-state index >= 15 is 0 Å². The molecule has 0 saturated heterocycles. The fourth-order valence-electron chi connectivity index (χ4n) is 1.73. The molecule has 20 heavy (non-hydrogen) atoms. The van der Waals surface area contributed by atoms with E-state index in [4.69, 9.17) is 4.74 Å². The Morgan fingerprint density at radius 2 is 1.90 bits per heavy atom. The number of rotatable bonds is 7. The van der Waals surface area contributed by atoms with Gasteiger partial charge in [-0.1, -0.05) is 0 Å². The molecular weight excluding hydrogens is 266 g/mol. The second-order valence-electron chi connectivity index (χ2n) is 4.32. The van der Waals surface area contributed by atoms with Crippen LogP contribution in [0.25, 0.3) is 0 Å². The van der Waals surface area contributed by atoms with Gasteiger partial charge in [-0.3, -0.25) is 4.79 Å². The highest BCUT2D eigenvalue weighted by Gasteiger charge is 2.15. The van der Waals surface area contributed by atoms with Crippen LogP contribution in [0.1, 0.15) is 31.1 Å². The van der Waals surface area contributed by atoms with E-state index in [0.29, 0.717) is 13.2 Å². The van der Waals surface area contributed by atoms with Gasteiger partial charge in [0.25, 0.3) is 5.91 Å². The number of carbonyl (C=O) groups excluding carboxylic acids is 1. The minimum Gasteiger partial charge on any atom is -0.381 e. The quantitative estimate of drug-likeness (QED) is 0.810. The van der Waals surface area contributed by atoms with Crippen molar-refractivity contribution in [2.75, 3.05) is 25.0 Å². The summed E-state index contributed by atoms with van der Waals surface area (Å²) in [7, 11) is 0. The summed E-state index contributed by atoms with van der Waals surface area (Å²) in [4.78, 5) is 11.8. The van der Waals surface area contributed by atoms with Gasteiger partial charge in [0.05, 0.1) is 6.10 Å². The Kier molecular flexibility index (Phi) is 6.38. The molecule has 1 rings (SSSR count). The third kappa shape index (κ3) is 4.45. The maximum absolute atomic E-state index is 13.7. The third-order valence-electron chi connectivity index (χ3n) is 2.66. The van der Waals surface area contributed by atoms with E-state index in [2.05, 4.69) is 10.6 Å². The average molecular weight is 286 g/mol. The molecule has 0 fully saturated rings. The molecule has 0 saturated carbocycles. The van der Waals surface area contributed by atoms with Crippen LogP contribution in [0.2, 0.25) is 0 Å². The summed E-state index contributed by atoms with van der Waals surface area (Å²) in [6, 6.07) is 2.03. The Balaban J connectivity index is 2.74. The first-order valence-corrected chi connectivity index (χ1v) is 6.62. The molecule has 0 spiro atoms. The van der Waals surface area contributed by atoms with E-state index < -0.39 is 17.5 Å². The minimum atomic E-state index is -0.783. The predicted octanol–water partition coefficient (Wildman–Crippen LogP) is 2.55. The van der Waals surface area contributed by atoms with Crippen molar-refractivity contribution in [3.05, 3.63) is 29.3 Å². The smallest absolute Gasteiger partial charge is 0.251 e. The van der Waals surface area contributed by atoms with Crippen LogP contribution < -0.4 is 10.6 Å². The van der Waals surface area contributed by atoms with Gasteiger partial charge in [-0.05, 0) is 32.9 Å². The zero-order valence-corrected chi connectivity index (χ0v) is 11.9. The zero-order valence-electron chi connectivity index (χ0n) is 11.9. The summed E-state index contributed by atoms with van der Waals surface area (Å²) in [5, 5.41) is 5.15. The predicted molar refractivity (Wildman–Crippen MR) is 73.9 cm³/mol. The number of halogens is 2. The van der Waals surface area contributed by atoms with Crippen molar-refractivity contribution in [2.45, 2.75) is 26.9 Å². The van der Waals surface area contributed by atoms with Crippen molar-refractivity contribution in [1.29, 1.82) is 0 Å². The topological polar surface area (TPSA) is 50.4 Å². The SMILES string of the molecule is CCNc1c(F)cc(C(=O)NCC(C)OCC)cc1F. The summed E-state index contributed by atoms with van der Waals surface area (Å²) < 4.78 is 32.6. The number of nitrogens with one attached hydrogen (secondary N) is 2. The van der Waals surface area contributed by atoms with Gasteiger partial charge in [0, 0.05) is 25.3 Å². The first-order chi connectivity index (χ1) is 9.49. The summed E-state index contributed by atoms with van der Waals surface area (Å²) in [5.41, 5.74) is -0.267. The Labute approximate surface area is 117 Å². The van der Waals surface area contributed by atoms with E-state index in [1.807, 2.05) is 6.92 Å². The van der Waals surface area contributed by atoms with Crippen LogP contribution in [-0.4, -0.2) is 31.7 Å². The Morgan fingerprint density at radius 3 is 2.40 bits per heavy atom. The Bertz CT molecular complexity index is 443. The number of hydrogen-bond acceptors (Lipinski definition) is 3. The third-order valence-corrected chi connectivity index (χ3v) is 2.66. The van der Waals surface area contributed by atoms with E-state index in [1.54, 1.807) is 13.8 Å². The van der Waals surface area contributed by atoms with Crippen LogP contribution in [0.15, 0.2) is 12.1 Å². The average Bonchev–Trinajstić information content (AvgIpc) is 2.40. The molecule has 0 heterocycles. The summed E-state index contributed by atoms with van der Waals surface area (Å²) in [6.45, 7) is 6.60. The van der Waals surface area contributed by atoms with Crippen LogP contribution >= 0.6 is 0 Å². The van der Waals surface area contributed by atoms with Crippen LogP contribution in [-0.2, 0) is 4.74 Å². The zero-order chi connectivity index (χ0) is 15.1. The fourth-order valence-corrected chi connectivity index (χ4v) is 1.73. The van der Waals surface area contributed by atoms with Gasteiger partial charge in [-0.15, -0.1) is 0 Å². The van der Waals surface area contributed by atoms with Crippen LogP contribution in [0, 0.1) is 11.6 Å². The molecule has 0 aliphatic carbocycles. The van der Waals surface area contributed by atoms with Crippen LogP contribution in [0.3, 0.4) is 0 Å². The minimum absolute atomic E-state index is 0.0506. The van der Waals surface area contributed by atoms with Crippen molar-refractivity contribution in [1.82, 2.24) is 5.32 Å². The second kappa shape index (κ2) is 7.79. The molecule has 1 atom stereocenters. The molecule has 4 nitrogen and oxygen atoms in total.